The van der Waals surface area contributed by atoms with Gasteiger partial charge in [0.05, 0.1) is 16.4 Å². The highest BCUT2D eigenvalue weighted by molar-refractivity contribution is 6.33. The summed E-state index contributed by atoms with van der Waals surface area (Å²) in [7, 11) is 0. The predicted octanol–water partition coefficient (Wildman–Crippen LogP) is 2.99. The van der Waals surface area contributed by atoms with Gasteiger partial charge in [-0.25, -0.2) is 0 Å². The minimum Gasteiger partial charge on any atom is -0.396 e. The second kappa shape index (κ2) is 5.59. The molecule has 0 saturated carbocycles. The lowest BCUT2D eigenvalue weighted by Crippen LogP contribution is -2.40. The van der Waals surface area contributed by atoms with E-state index in [0.29, 0.717) is 11.1 Å². The van der Waals surface area contributed by atoms with Gasteiger partial charge in [0.1, 0.15) is 0 Å². The van der Waals surface area contributed by atoms with Gasteiger partial charge >= 0.3 is 0 Å². The molecule has 2 N–H and O–H groups in total. The summed E-state index contributed by atoms with van der Waals surface area (Å²) in [5, 5.41) is 0.666. The lowest BCUT2D eigenvalue weighted by Gasteiger charge is -2.32. The highest BCUT2D eigenvalue weighted by atomic mass is 35.5. The average molecular weight is 280 g/mol. The summed E-state index contributed by atoms with van der Waals surface area (Å²) in [6.07, 6.45) is 5.35. The van der Waals surface area contributed by atoms with E-state index in [2.05, 4.69) is 15.9 Å². The molecule has 2 saturated heterocycles. The van der Waals surface area contributed by atoms with Crippen LogP contribution in [0.1, 0.15) is 25.7 Å². The molecule has 2 heterocycles. The first-order valence-corrected chi connectivity index (χ1v) is 7.66. The van der Waals surface area contributed by atoms with Crippen LogP contribution in [-0.4, -0.2) is 37.1 Å². The number of para-hydroxylation sites is 1. The summed E-state index contributed by atoms with van der Waals surface area (Å²) >= 11 is 6.12. The zero-order valence-corrected chi connectivity index (χ0v) is 12.1. The fraction of sp³-hybridized carbons (Fsp3) is 0.600. The van der Waals surface area contributed by atoms with Crippen molar-refractivity contribution in [2.75, 3.05) is 36.8 Å². The van der Waals surface area contributed by atoms with Crippen molar-refractivity contribution in [3.63, 3.8) is 0 Å². The van der Waals surface area contributed by atoms with Gasteiger partial charge < -0.3 is 10.6 Å². The molecule has 0 amide bonds. The van der Waals surface area contributed by atoms with Gasteiger partial charge in [0.2, 0.25) is 0 Å². The standard InChI is InChI=1S/C15H22ClN3/c16-13-5-4-6-14(15(13)17)19-10-7-12(11-19)18-8-2-1-3-9-18/h4-6,12H,1-3,7-11,17H2. The quantitative estimate of drug-likeness (QED) is 0.845. The minimum absolute atomic E-state index is 0.666. The Hall–Kier alpha value is -0.930. The smallest absolute Gasteiger partial charge is 0.0741 e. The van der Waals surface area contributed by atoms with Crippen molar-refractivity contribution in [2.24, 2.45) is 0 Å². The Labute approximate surface area is 120 Å². The van der Waals surface area contributed by atoms with Crippen LogP contribution < -0.4 is 10.6 Å². The van der Waals surface area contributed by atoms with Crippen LogP contribution >= 0.6 is 11.6 Å². The van der Waals surface area contributed by atoms with Crippen molar-refractivity contribution < 1.29 is 0 Å². The first kappa shape index (κ1) is 13.1. The topological polar surface area (TPSA) is 32.5 Å². The molecule has 1 atom stereocenters. The Kier molecular flexibility index (Phi) is 3.85. The van der Waals surface area contributed by atoms with Crippen LogP contribution in [0.3, 0.4) is 0 Å². The van der Waals surface area contributed by atoms with Crippen molar-refractivity contribution in [1.29, 1.82) is 0 Å². The van der Waals surface area contributed by atoms with Crippen LogP contribution in [0.2, 0.25) is 5.02 Å². The van der Waals surface area contributed by atoms with Gasteiger partial charge in [0, 0.05) is 19.1 Å². The molecule has 0 bridgehead atoms. The normalized spacial score (nSPS) is 24.9. The number of nitrogens with zero attached hydrogens (tertiary/aromatic N) is 2. The maximum atomic E-state index is 6.12. The fourth-order valence-electron chi connectivity index (χ4n) is 3.34. The molecule has 3 nitrogen and oxygen atoms in total. The summed E-state index contributed by atoms with van der Waals surface area (Å²) in [6, 6.07) is 6.62. The summed E-state index contributed by atoms with van der Waals surface area (Å²) < 4.78 is 0. The van der Waals surface area contributed by atoms with Crippen molar-refractivity contribution in [3.05, 3.63) is 23.2 Å². The van der Waals surface area contributed by atoms with Gasteiger partial charge in [-0.15, -0.1) is 0 Å². The first-order chi connectivity index (χ1) is 9.25. The fourth-order valence-corrected chi connectivity index (χ4v) is 3.51. The van der Waals surface area contributed by atoms with Gasteiger partial charge in [-0.2, -0.15) is 0 Å². The first-order valence-electron chi connectivity index (χ1n) is 7.28. The highest BCUT2D eigenvalue weighted by Gasteiger charge is 2.29. The van der Waals surface area contributed by atoms with E-state index >= 15 is 0 Å². The lowest BCUT2D eigenvalue weighted by molar-refractivity contribution is 0.175. The molecular weight excluding hydrogens is 258 g/mol. The van der Waals surface area contributed by atoms with E-state index in [1.807, 2.05) is 12.1 Å². The third-order valence-corrected chi connectivity index (χ3v) is 4.77. The average Bonchev–Trinajstić information content (AvgIpc) is 2.92. The highest BCUT2D eigenvalue weighted by Crippen LogP contribution is 2.33. The second-order valence-electron chi connectivity index (χ2n) is 5.66. The van der Waals surface area contributed by atoms with Crippen molar-refractivity contribution in [3.8, 4) is 0 Å². The van der Waals surface area contributed by atoms with Crippen molar-refractivity contribution in [2.45, 2.75) is 31.7 Å². The summed E-state index contributed by atoms with van der Waals surface area (Å²) in [5.41, 5.74) is 7.93. The zero-order chi connectivity index (χ0) is 13.2. The summed E-state index contributed by atoms with van der Waals surface area (Å²) in [4.78, 5) is 5.05. The van der Waals surface area contributed by atoms with Crippen LogP contribution in [0.4, 0.5) is 11.4 Å². The van der Waals surface area contributed by atoms with Crippen LogP contribution in [0.15, 0.2) is 18.2 Å². The Balaban J connectivity index is 1.69. The SMILES string of the molecule is Nc1c(Cl)cccc1N1CCC(N2CCCCC2)C1. The number of hydrogen-bond donors (Lipinski definition) is 1. The third-order valence-electron chi connectivity index (χ3n) is 4.44. The minimum atomic E-state index is 0.666. The lowest BCUT2D eigenvalue weighted by atomic mass is 10.1. The third kappa shape index (κ3) is 2.67. The molecule has 0 aliphatic carbocycles. The summed E-state index contributed by atoms with van der Waals surface area (Å²) in [5.74, 6) is 0. The molecule has 0 aromatic heterocycles. The van der Waals surface area contributed by atoms with Gasteiger partial charge in [0.15, 0.2) is 0 Å². The number of anilines is 2. The number of rotatable bonds is 2. The van der Waals surface area contributed by atoms with E-state index in [-0.39, 0.29) is 0 Å². The van der Waals surface area contributed by atoms with Crippen LogP contribution in [0.5, 0.6) is 0 Å². The number of benzene rings is 1. The van der Waals surface area contributed by atoms with E-state index in [1.54, 1.807) is 0 Å². The number of likely N-dealkylation sites (tertiary alicyclic amines) is 1. The van der Waals surface area contributed by atoms with E-state index in [4.69, 9.17) is 17.3 Å². The maximum Gasteiger partial charge on any atom is 0.0741 e. The Bertz CT molecular complexity index is 443. The number of halogens is 1. The monoisotopic (exact) mass is 279 g/mol. The molecule has 0 spiro atoms. The molecule has 1 unspecified atom stereocenters. The van der Waals surface area contributed by atoms with E-state index < -0.39 is 0 Å². The summed E-state index contributed by atoms with van der Waals surface area (Å²) in [6.45, 7) is 4.71. The molecule has 0 radical (unpaired) electrons. The van der Waals surface area contributed by atoms with Gasteiger partial charge in [-0.3, -0.25) is 4.90 Å². The van der Waals surface area contributed by atoms with E-state index in [9.17, 15) is 0 Å². The number of nitrogens with two attached hydrogens (primary N) is 1. The predicted molar refractivity (Wildman–Crippen MR) is 81.9 cm³/mol. The van der Waals surface area contributed by atoms with Crippen molar-refractivity contribution in [1.82, 2.24) is 4.90 Å². The molecule has 1 aromatic rings. The number of nitrogen functional groups attached to an aromatic ring is 1. The van der Waals surface area contributed by atoms with Gasteiger partial charge in [-0.05, 0) is 44.5 Å². The molecule has 4 heteroatoms. The second-order valence-corrected chi connectivity index (χ2v) is 6.06. The van der Waals surface area contributed by atoms with Gasteiger partial charge in [-0.1, -0.05) is 24.1 Å². The van der Waals surface area contributed by atoms with E-state index in [1.165, 1.54) is 38.8 Å². The molecular formula is C15H22ClN3. The van der Waals surface area contributed by atoms with Crippen LogP contribution in [0.25, 0.3) is 0 Å². The Morgan fingerprint density at radius 2 is 1.89 bits per heavy atom. The molecule has 1 aromatic carbocycles. The largest absolute Gasteiger partial charge is 0.396 e. The molecule has 104 valence electrons. The zero-order valence-electron chi connectivity index (χ0n) is 11.3. The molecule has 19 heavy (non-hydrogen) atoms. The molecule has 2 aliphatic rings. The van der Waals surface area contributed by atoms with E-state index in [0.717, 1.165) is 24.5 Å². The molecule has 2 fully saturated rings. The van der Waals surface area contributed by atoms with Crippen LogP contribution in [-0.2, 0) is 0 Å². The molecule has 2 aliphatic heterocycles. The number of piperidine rings is 1. The van der Waals surface area contributed by atoms with Crippen molar-refractivity contribution >= 4 is 23.0 Å². The maximum absolute atomic E-state index is 6.12. The van der Waals surface area contributed by atoms with Gasteiger partial charge in [0.25, 0.3) is 0 Å². The van der Waals surface area contributed by atoms with Crippen LogP contribution in [0, 0.1) is 0 Å². The Morgan fingerprint density at radius 1 is 1.11 bits per heavy atom. The molecule has 3 rings (SSSR count). The number of hydrogen-bond acceptors (Lipinski definition) is 3. The Morgan fingerprint density at radius 3 is 2.68 bits per heavy atom.